The summed E-state index contributed by atoms with van der Waals surface area (Å²) in [4.78, 5) is 20.9. The molecule has 92 valence electrons. The topological polar surface area (TPSA) is 81.5 Å². The number of alkyl carbamates (subject to hydrolysis) is 1. The molecule has 1 aromatic carbocycles. The lowest BCUT2D eigenvalue weighted by Crippen LogP contribution is -2.18. The number of carbonyl (C=O) groups excluding carboxylic acids is 1. The number of ether oxygens (including phenoxy) is 1. The lowest BCUT2D eigenvalue weighted by molar-refractivity contribution is -0.384. The molecule has 0 spiro atoms. The van der Waals surface area contributed by atoms with E-state index in [1.165, 1.54) is 18.2 Å². The van der Waals surface area contributed by atoms with E-state index in [9.17, 15) is 14.9 Å². The number of carbonyl (C=O) groups is 1. The molecule has 0 saturated carbocycles. The van der Waals surface area contributed by atoms with Gasteiger partial charge in [0.1, 0.15) is 6.61 Å². The summed E-state index contributed by atoms with van der Waals surface area (Å²) in [7, 11) is 0. The van der Waals surface area contributed by atoms with Gasteiger partial charge in [0.15, 0.2) is 0 Å². The maximum atomic E-state index is 10.8. The zero-order chi connectivity index (χ0) is 11.7. The first kappa shape index (κ1) is 13.5. The number of nitrogens with zero attached hydrogens (tertiary/aromatic N) is 1. The summed E-state index contributed by atoms with van der Waals surface area (Å²) in [5, 5.41) is 13.5. The van der Waals surface area contributed by atoms with Crippen molar-refractivity contribution in [2.45, 2.75) is 6.04 Å². The number of amides is 1. The highest BCUT2D eigenvalue weighted by Gasteiger charge is 2.26. The van der Waals surface area contributed by atoms with Gasteiger partial charge in [-0.3, -0.25) is 10.1 Å². The number of non-ortho nitro benzene ring substituents is 1. The van der Waals surface area contributed by atoms with Gasteiger partial charge < -0.3 is 10.1 Å². The number of nitrogens with one attached hydrogen (secondary N) is 1. The molecule has 1 amide bonds. The van der Waals surface area contributed by atoms with E-state index in [1.807, 2.05) is 0 Å². The number of halogens is 2. The normalized spacial score (nSPS) is 17.9. The molecule has 1 atom stereocenters. The van der Waals surface area contributed by atoms with Crippen molar-refractivity contribution in [1.29, 1.82) is 0 Å². The molecule has 0 aliphatic carbocycles. The Labute approximate surface area is 107 Å². The van der Waals surface area contributed by atoms with Crippen LogP contribution in [0.3, 0.4) is 0 Å². The standard InChI is InChI=1S/C9H7ClN2O4.ClH/c10-7-2-1-5(12(14)15)3-6(7)8-4-16-9(13)11-8;/h1-3,8H,4H2,(H,11,13);1H/t8-;/m1./s1. The van der Waals surface area contributed by atoms with E-state index in [1.54, 1.807) is 0 Å². The molecule has 1 N–H and O–H groups in total. The number of cyclic esters (lactones) is 1. The molecule has 1 aliphatic rings. The second-order valence-corrected chi connectivity index (χ2v) is 3.67. The minimum absolute atomic E-state index is 0. The molecular formula is C9H8Cl2N2O4. The third-order valence-electron chi connectivity index (χ3n) is 2.24. The first-order valence-corrected chi connectivity index (χ1v) is 4.83. The Hall–Kier alpha value is -1.53. The molecule has 8 heteroatoms. The third-order valence-corrected chi connectivity index (χ3v) is 2.58. The molecule has 1 heterocycles. The summed E-state index contributed by atoms with van der Waals surface area (Å²) >= 11 is 5.90. The average Bonchev–Trinajstić information content (AvgIpc) is 2.65. The zero-order valence-electron chi connectivity index (χ0n) is 8.38. The van der Waals surface area contributed by atoms with Gasteiger partial charge in [0.2, 0.25) is 0 Å². The van der Waals surface area contributed by atoms with Crippen LogP contribution in [0.1, 0.15) is 11.6 Å². The zero-order valence-corrected chi connectivity index (χ0v) is 9.96. The molecule has 1 fully saturated rings. The van der Waals surface area contributed by atoms with Crippen molar-refractivity contribution in [2.24, 2.45) is 0 Å². The van der Waals surface area contributed by atoms with Crippen LogP contribution in [0.25, 0.3) is 0 Å². The van der Waals surface area contributed by atoms with Gasteiger partial charge in [0, 0.05) is 22.7 Å². The Morgan fingerprint density at radius 2 is 2.24 bits per heavy atom. The van der Waals surface area contributed by atoms with Crippen LogP contribution in [0.4, 0.5) is 10.5 Å². The second-order valence-electron chi connectivity index (χ2n) is 3.26. The fraction of sp³-hybridized carbons (Fsp3) is 0.222. The van der Waals surface area contributed by atoms with Crippen LogP contribution < -0.4 is 5.32 Å². The molecule has 0 radical (unpaired) electrons. The number of hydrogen-bond donors (Lipinski definition) is 1. The molecular weight excluding hydrogens is 271 g/mol. The number of rotatable bonds is 2. The summed E-state index contributed by atoms with van der Waals surface area (Å²) in [6.07, 6.45) is -0.549. The monoisotopic (exact) mass is 278 g/mol. The Balaban J connectivity index is 0.00000144. The van der Waals surface area contributed by atoms with Gasteiger partial charge in [-0.15, -0.1) is 12.4 Å². The lowest BCUT2D eigenvalue weighted by Gasteiger charge is -2.09. The van der Waals surface area contributed by atoms with E-state index < -0.39 is 17.1 Å². The van der Waals surface area contributed by atoms with Gasteiger partial charge >= 0.3 is 6.09 Å². The van der Waals surface area contributed by atoms with E-state index in [4.69, 9.17) is 16.3 Å². The highest BCUT2D eigenvalue weighted by Crippen LogP contribution is 2.29. The van der Waals surface area contributed by atoms with Crippen LogP contribution in [-0.2, 0) is 4.74 Å². The molecule has 2 rings (SSSR count). The van der Waals surface area contributed by atoms with Gasteiger partial charge in [-0.1, -0.05) is 11.6 Å². The maximum Gasteiger partial charge on any atom is 0.407 e. The van der Waals surface area contributed by atoms with Crippen molar-refractivity contribution in [3.63, 3.8) is 0 Å². The van der Waals surface area contributed by atoms with Crippen molar-refractivity contribution in [3.05, 3.63) is 38.9 Å². The van der Waals surface area contributed by atoms with Crippen LogP contribution >= 0.6 is 24.0 Å². The molecule has 6 nitrogen and oxygen atoms in total. The van der Waals surface area contributed by atoms with Gasteiger partial charge in [0.05, 0.1) is 11.0 Å². The number of nitro benzene ring substituents is 1. The van der Waals surface area contributed by atoms with E-state index in [0.29, 0.717) is 10.6 Å². The molecule has 0 aromatic heterocycles. The van der Waals surface area contributed by atoms with Gasteiger partial charge in [-0.25, -0.2) is 4.79 Å². The SMILES string of the molecule is Cl.O=C1N[C@@H](c2cc([N+](=O)[O-])ccc2Cl)CO1. The first-order chi connectivity index (χ1) is 7.58. The van der Waals surface area contributed by atoms with Crippen LogP contribution in [0.5, 0.6) is 0 Å². The van der Waals surface area contributed by atoms with Crippen LogP contribution in [0, 0.1) is 10.1 Å². The largest absolute Gasteiger partial charge is 0.447 e. The predicted octanol–water partition coefficient (Wildman–Crippen LogP) is 2.45. The molecule has 1 saturated heterocycles. The Morgan fingerprint density at radius 3 is 2.76 bits per heavy atom. The van der Waals surface area contributed by atoms with Crippen molar-refractivity contribution in [3.8, 4) is 0 Å². The van der Waals surface area contributed by atoms with Gasteiger partial charge in [0.25, 0.3) is 5.69 Å². The number of hydrogen-bond acceptors (Lipinski definition) is 4. The van der Waals surface area contributed by atoms with Crippen molar-refractivity contribution in [2.75, 3.05) is 6.61 Å². The minimum atomic E-state index is -0.549. The van der Waals surface area contributed by atoms with Gasteiger partial charge in [-0.05, 0) is 6.07 Å². The van der Waals surface area contributed by atoms with Crippen molar-refractivity contribution < 1.29 is 14.5 Å². The highest BCUT2D eigenvalue weighted by molar-refractivity contribution is 6.31. The fourth-order valence-corrected chi connectivity index (χ4v) is 1.71. The third kappa shape index (κ3) is 2.78. The smallest absolute Gasteiger partial charge is 0.407 e. The van der Waals surface area contributed by atoms with E-state index in [-0.39, 0.29) is 24.7 Å². The Bertz CT molecular complexity index is 466. The van der Waals surface area contributed by atoms with Crippen molar-refractivity contribution in [1.82, 2.24) is 5.32 Å². The highest BCUT2D eigenvalue weighted by atomic mass is 35.5. The summed E-state index contributed by atoms with van der Waals surface area (Å²) in [5.74, 6) is 0. The number of benzene rings is 1. The Kier molecular flexibility index (Phi) is 4.14. The van der Waals surface area contributed by atoms with E-state index >= 15 is 0 Å². The minimum Gasteiger partial charge on any atom is -0.447 e. The van der Waals surface area contributed by atoms with E-state index in [0.717, 1.165) is 0 Å². The van der Waals surface area contributed by atoms with Gasteiger partial charge in [-0.2, -0.15) is 0 Å². The van der Waals surface area contributed by atoms with Crippen LogP contribution in [0.15, 0.2) is 18.2 Å². The second kappa shape index (κ2) is 5.20. The fourth-order valence-electron chi connectivity index (χ4n) is 1.46. The Morgan fingerprint density at radius 1 is 1.53 bits per heavy atom. The van der Waals surface area contributed by atoms with Crippen molar-refractivity contribution >= 4 is 35.8 Å². The lowest BCUT2D eigenvalue weighted by atomic mass is 10.1. The average molecular weight is 279 g/mol. The van der Waals surface area contributed by atoms with Crippen LogP contribution in [0.2, 0.25) is 5.02 Å². The first-order valence-electron chi connectivity index (χ1n) is 4.45. The summed E-state index contributed by atoms with van der Waals surface area (Å²) in [5.41, 5.74) is 0.419. The molecule has 1 aromatic rings. The summed E-state index contributed by atoms with van der Waals surface area (Å²) in [6, 6.07) is 3.64. The molecule has 0 unspecified atom stereocenters. The number of nitro groups is 1. The predicted molar refractivity (Wildman–Crippen MR) is 62.6 cm³/mol. The molecule has 1 aliphatic heterocycles. The quantitative estimate of drug-likeness (QED) is 0.666. The maximum absolute atomic E-state index is 10.8. The molecule has 17 heavy (non-hydrogen) atoms. The van der Waals surface area contributed by atoms with E-state index in [2.05, 4.69) is 5.32 Å². The molecule has 0 bridgehead atoms. The summed E-state index contributed by atoms with van der Waals surface area (Å²) in [6.45, 7) is 0.125. The summed E-state index contributed by atoms with van der Waals surface area (Å²) < 4.78 is 4.70. The van der Waals surface area contributed by atoms with Crippen LogP contribution in [-0.4, -0.2) is 17.6 Å².